The van der Waals surface area contributed by atoms with Crippen LogP contribution in [0.2, 0.25) is 18.1 Å². The average Bonchev–Trinajstić information content (AvgIpc) is 3.35. The van der Waals surface area contributed by atoms with E-state index in [1.807, 2.05) is 0 Å². The largest absolute Gasteiger partial charge is 0.466 e. The monoisotopic (exact) mass is 616 g/mol. The normalized spacial score (nSPS) is 21.4. The standard InChI is InChI=1S/C32H60O9Si/c1-10-27(41-42(8,9)32(2,3)4)15-13-11-12-14-26-22-28(39-24-37-20-18-34-5)23-29(26)30(16-17-31(33)36-7)40-25-38-21-19-35-6/h12,14,16-17,26-30H,10-11,13,15,18-25H2,1-9H3/b14-12+,17-16+/t26-,27+,28+,29-,30-/m1/s1. The first-order valence-electron chi connectivity index (χ1n) is 15.5. The van der Waals surface area contributed by atoms with Gasteiger partial charge >= 0.3 is 5.97 Å². The maximum atomic E-state index is 11.9. The van der Waals surface area contributed by atoms with Gasteiger partial charge in [0.2, 0.25) is 0 Å². The van der Waals surface area contributed by atoms with Crippen LogP contribution in [0.15, 0.2) is 24.3 Å². The number of esters is 1. The van der Waals surface area contributed by atoms with Crippen molar-refractivity contribution in [2.24, 2.45) is 11.8 Å². The van der Waals surface area contributed by atoms with Crippen LogP contribution in [0.1, 0.15) is 66.2 Å². The number of rotatable bonds is 23. The Morgan fingerprint density at radius 3 is 2.24 bits per heavy atom. The Kier molecular flexibility index (Phi) is 20.0. The number of allylic oxidation sites excluding steroid dienone is 2. The molecule has 42 heavy (non-hydrogen) atoms. The zero-order valence-electron chi connectivity index (χ0n) is 27.9. The van der Waals surface area contributed by atoms with Crippen molar-refractivity contribution < 1.29 is 42.4 Å². The summed E-state index contributed by atoms with van der Waals surface area (Å²) >= 11 is 0. The molecule has 0 saturated heterocycles. The van der Waals surface area contributed by atoms with Crippen LogP contribution in [-0.2, 0) is 42.4 Å². The predicted molar refractivity (Wildman–Crippen MR) is 168 cm³/mol. The molecule has 0 radical (unpaired) electrons. The van der Waals surface area contributed by atoms with E-state index < -0.39 is 14.3 Å². The highest BCUT2D eigenvalue weighted by atomic mass is 28.4. The second-order valence-corrected chi connectivity index (χ2v) is 17.2. The lowest BCUT2D eigenvalue weighted by Gasteiger charge is -2.39. The van der Waals surface area contributed by atoms with E-state index >= 15 is 0 Å². The van der Waals surface area contributed by atoms with Crippen LogP contribution >= 0.6 is 0 Å². The summed E-state index contributed by atoms with van der Waals surface area (Å²) in [7, 11) is 2.86. The van der Waals surface area contributed by atoms with E-state index in [1.54, 1.807) is 20.3 Å². The van der Waals surface area contributed by atoms with Crippen molar-refractivity contribution in [1.29, 1.82) is 0 Å². The zero-order valence-corrected chi connectivity index (χ0v) is 28.9. The van der Waals surface area contributed by atoms with E-state index in [0.717, 1.165) is 38.5 Å². The summed E-state index contributed by atoms with van der Waals surface area (Å²) in [5, 5.41) is 0.209. The fourth-order valence-corrected chi connectivity index (χ4v) is 6.17. The highest BCUT2D eigenvalue weighted by Crippen LogP contribution is 2.40. The van der Waals surface area contributed by atoms with E-state index in [-0.39, 0.29) is 42.7 Å². The fraction of sp³-hybridized carbons (Fsp3) is 0.844. The third-order valence-corrected chi connectivity index (χ3v) is 12.8. The molecule has 1 rings (SSSR count). The minimum atomic E-state index is -1.78. The fourth-order valence-electron chi connectivity index (χ4n) is 4.70. The number of ether oxygens (including phenoxy) is 7. The van der Waals surface area contributed by atoms with Crippen LogP contribution in [0.25, 0.3) is 0 Å². The Labute approximate surface area is 256 Å². The molecule has 0 bridgehead atoms. The van der Waals surface area contributed by atoms with Crippen LogP contribution in [0.3, 0.4) is 0 Å². The summed E-state index contributed by atoms with van der Waals surface area (Å²) in [4.78, 5) is 11.9. The molecular formula is C32H60O9Si. The maximum absolute atomic E-state index is 11.9. The van der Waals surface area contributed by atoms with Crippen molar-refractivity contribution in [1.82, 2.24) is 0 Å². The van der Waals surface area contributed by atoms with E-state index in [1.165, 1.54) is 13.2 Å². The van der Waals surface area contributed by atoms with Crippen molar-refractivity contribution in [3.63, 3.8) is 0 Å². The van der Waals surface area contributed by atoms with Crippen LogP contribution in [-0.4, -0.2) is 93.9 Å². The van der Waals surface area contributed by atoms with Crippen molar-refractivity contribution in [2.75, 3.05) is 61.3 Å². The molecule has 0 aromatic carbocycles. The summed E-state index contributed by atoms with van der Waals surface area (Å²) < 4.78 is 44.9. The number of carbonyl (C=O) groups is 1. The van der Waals surface area contributed by atoms with Crippen molar-refractivity contribution in [3.8, 4) is 0 Å². The molecule has 0 N–H and O–H groups in total. The van der Waals surface area contributed by atoms with E-state index in [0.29, 0.717) is 32.5 Å². The van der Waals surface area contributed by atoms with Crippen LogP contribution in [0, 0.1) is 11.8 Å². The summed E-state index contributed by atoms with van der Waals surface area (Å²) in [5.74, 6) is -0.105. The summed E-state index contributed by atoms with van der Waals surface area (Å²) in [6.45, 7) is 16.0. The van der Waals surface area contributed by atoms with E-state index in [4.69, 9.17) is 37.6 Å². The van der Waals surface area contributed by atoms with Gasteiger partial charge in [0.25, 0.3) is 0 Å². The van der Waals surface area contributed by atoms with Gasteiger partial charge < -0.3 is 37.6 Å². The molecule has 0 aromatic heterocycles. The summed E-state index contributed by atoms with van der Waals surface area (Å²) in [6, 6.07) is 0. The molecule has 1 aliphatic rings. The highest BCUT2D eigenvalue weighted by molar-refractivity contribution is 6.74. The molecular weight excluding hydrogens is 556 g/mol. The number of carbonyl (C=O) groups excluding carboxylic acids is 1. The quantitative estimate of drug-likeness (QED) is 0.0328. The molecule has 0 aromatic rings. The van der Waals surface area contributed by atoms with Gasteiger partial charge in [0.1, 0.15) is 13.6 Å². The average molecular weight is 617 g/mol. The van der Waals surface area contributed by atoms with Crippen molar-refractivity contribution >= 4 is 14.3 Å². The van der Waals surface area contributed by atoms with E-state index in [2.05, 4.69) is 52.9 Å². The zero-order chi connectivity index (χ0) is 31.4. The van der Waals surface area contributed by atoms with Crippen molar-refractivity contribution in [2.45, 2.75) is 103 Å². The van der Waals surface area contributed by atoms with Gasteiger partial charge in [-0.1, -0.05) is 39.8 Å². The van der Waals surface area contributed by atoms with Gasteiger partial charge in [0, 0.05) is 26.4 Å². The highest BCUT2D eigenvalue weighted by Gasteiger charge is 2.39. The number of unbranched alkanes of at least 4 members (excludes halogenated alkanes) is 1. The van der Waals surface area contributed by atoms with E-state index in [9.17, 15) is 4.79 Å². The SMILES string of the molecule is CC[C@@H](CCC/C=C/[C@@H]1C[C@H](OCOCCOC)C[C@H]1[C@@H](/C=C/C(=O)OC)OCOCCOC)O[Si](C)(C)C(C)(C)C. The molecule has 1 fully saturated rings. The molecule has 9 nitrogen and oxygen atoms in total. The molecule has 0 spiro atoms. The second kappa shape index (κ2) is 21.6. The molecule has 0 unspecified atom stereocenters. The third kappa shape index (κ3) is 15.6. The first-order valence-corrected chi connectivity index (χ1v) is 18.4. The molecule has 0 amide bonds. The molecule has 0 aliphatic heterocycles. The third-order valence-electron chi connectivity index (χ3n) is 8.26. The second-order valence-electron chi connectivity index (χ2n) is 12.4. The minimum absolute atomic E-state index is 0.0155. The van der Waals surface area contributed by atoms with Gasteiger partial charge in [0.15, 0.2) is 8.32 Å². The Hall–Kier alpha value is -1.11. The predicted octanol–water partition coefficient (Wildman–Crippen LogP) is 6.28. The van der Waals surface area contributed by atoms with Crippen LogP contribution in [0.4, 0.5) is 0 Å². The Balaban J connectivity index is 2.88. The van der Waals surface area contributed by atoms with Gasteiger partial charge in [-0.2, -0.15) is 0 Å². The van der Waals surface area contributed by atoms with Gasteiger partial charge in [-0.05, 0) is 74.6 Å². The van der Waals surface area contributed by atoms with Gasteiger partial charge in [-0.3, -0.25) is 0 Å². The number of hydrogen-bond donors (Lipinski definition) is 0. The smallest absolute Gasteiger partial charge is 0.330 e. The van der Waals surface area contributed by atoms with Crippen LogP contribution in [0.5, 0.6) is 0 Å². The number of hydrogen-bond acceptors (Lipinski definition) is 9. The van der Waals surface area contributed by atoms with Crippen LogP contribution < -0.4 is 0 Å². The lowest BCUT2D eigenvalue weighted by atomic mass is 9.89. The first-order chi connectivity index (χ1) is 20.0. The lowest BCUT2D eigenvalue weighted by molar-refractivity contribution is -0.135. The minimum Gasteiger partial charge on any atom is -0.466 e. The topological polar surface area (TPSA) is 90.9 Å². The molecule has 10 heteroatoms. The molecule has 0 heterocycles. The summed E-state index contributed by atoms with van der Waals surface area (Å²) in [6.07, 6.45) is 13.5. The summed E-state index contributed by atoms with van der Waals surface area (Å²) in [5.41, 5.74) is 0. The first kappa shape index (κ1) is 38.9. The van der Waals surface area contributed by atoms with Gasteiger partial charge in [-0.25, -0.2) is 4.79 Å². The Morgan fingerprint density at radius 2 is 1.64 bits per heavy atom. The Morgan fingerprint density at radius 1 is 0.976 bits per heavy atom. The molecule has 1 aliphatic carbocycles. The number of methoxy groups -OCH3 is 3. The molecule has 5 atom stereocenters. The Bertz CT molecular complexity index is 766. The van der Waals surface area contributed by atoms with Gasteiger partial charge in [-0.15, -0.1) is 0 Å². The lowest BCUT2D eigenvalue weighted by Crippen LogP contribution is -2.43. The maximum Gasteiger partial charge on any atom is 0.330 e. The molecule has 246 valence electrons. The molecule has 1 saturated carbocycles. The van der Waals surface area contributed by atoms with Crippen molar-refractivity contribution in [3.05, 3.63) is 24.3 Å². The van der Waals surface area contributed by atoms with Gasteiger partial charge in [0.05, 0.1) is 45.7 Å².